The van der Waals surface area contributed by atoms with E-state index in [1.807, 2.05) is 0 Å². The fraction of sp³-hybridized carbons (Fsp3) is 0.500. The maximum atomic E-state index is 11.8. The number of nitro groups is 1. The Labute approximate surface area is 122 Å². The van der Waals surface area contributed by atoms with Crippen molar-refractivity contribution in [3.05, 3.63) is 33.9 Å². The number of carbonyl (C=O) groups is 1. The van der Waals surface area contributed by atoms with Crippen molar-refractivity contribution < 1.29 is 19.6 Å². The minimum absolute atomic E-state index is 0.131. The van der Waals surface area contributed by atoms with E-state index in [0.717, 1.165) is 12.8 Å². The van der Waals surface area contributed by atoms with Crippen LogP contribution in [0.2, 0.25) is 0 Å². The molecule has 1 aromatic rings. The van der Waals surface area contributed by atoms with Crippen LogP contribution in [0.5, 0.6) is 5.75 Å². The zero-order chi connectivity index (χ0) is 15.6. The lowest BCUT2D eigenvalue weighted by Gasteiger charge is -2.18. The molecule has 0 heterocycles. The molecule has 0 aromatic heterocycles. The van der Waals surface area contributed by atoms with Crippen molar-refractivity contribution in [3.8, 4) is 5.75 Å². The molecule has 1 saturated carbocycles. The van der Waals surface area contributed by atoms with E-state index in [-0.39, 0.29) is 28.9 Å². The first-order chi connectivity index (χ1) is 9.88. The smallest absolute Gasteiger partial charge is 0.270 e. The average molecular weight is 294 g/mol. The van der Waals surface area contributed by atoms with Crippen LogP contribution < -0.4 is 10.1 Å². The normalized spacial score (nSPS) is 16.9. The van der Waals surface area contributed by atoms with Crippen molar-refractivity contribution in [2.75, 3.05) is 0 Å². The highest BCUT2D eigenvalue weighted by molar-refractivity contribution is 5.81. The second-order valence-electron chi connectivity index (χ2n) is 5.20. The predicted molar refractivity (Wildman–Crippen MR) is 75.0 cm³/mol. The summed E-state index contributed by atoms with van der Waals surface area (Å²) >= 11 is 0. The van der Waals surface area contributed by atoms with Crippen molar-refractivity contribution in [2.24, 2.45) is 0 Å². The van der Waals surface area contributed by atoms with Gasteiger partial charge in [0, 0.05) is 23.7 Å². The van der Waals surface area contributed by atoms with Gasteiger partial charge >= 0.3 is 0 Å². The number of ether oxygens (including phenoxy) is 1. The van der Waals surface area contributed by atoms with Crippen LogP contribution >= 0.6 is 0 Å². The molecular formula is C14H18N2O5. The van der Waals surface area contributed by atoms with Crippen LogP contribution in [0.3, 0.4) is 0 Å². The number of non-ortho nitro benzene ring substituents is 1. The maximum Gasteiger partial charge on any atom is 0.270 e. The van der Waals surface area contributed by atoms with E-state index in [2.05, 4.69) is 5.32 Å². The number of nitro benzene ring substituents is 1. The summed E-state index contributed by atoms with van der Waals surface area (Å²) in [6, 6.07) is 4.18. The van der Waals surface area contributed by atoms with Crippen LogP contribution in [-0.2, 0) is 4.79 Å². The second kappa shape index (κ2) is 6.09. The molecule has 0 spiro atoms. The number of aliphatic hydroxyl groups is 1. The third-order valence-corrected chi connectivity index (χ3v) is 3.25. The molecule has 0 radical (unpaired) electrons. The molecule has 1 aliphatic carbocycles. The Kier molecular flexibility index (Phi) is 4.42. The molecular weight excluding hydrogens is 276 g/mol. The molecule has 2 rings (SSSR count). The fourth-order valence-corrected chi connectivity index (χ4v) is 1.87. The van der Waals surface area contributed by atoms with Gasteiger partial charge in [0.2, 0.25) is 0 Å². The molecule has 21 heavy (non-hydrogen) atoms. The highest BCUT2D eigenvalue weighted by Crippen LogP contribution is 2.30. The van der Waals surface area contributed by atoms with Crippen molar-refractivity contribution in [3.63, 3.8) is 0 Å². The highest BCUT2D eigenvalue weighted by Gasteiger charge is 2.27. The van der Waals surface area contributed by atoms with E-state index in [9.17, 15) is 20.0 Å². The van der Waals surface area contributed by atoms with Crippen LogP contribution in [0.15, 0.2) is 18.2 Å². The summed E-state index contributed by atoms with van der Waals surface area (Å²) < 4.78 is 5.54. The lowest BCUT2D eigenvalue weighted by atomic mass is 10.1. The summed E-state index contributed by atoms with van der Waals surface area (Å²) in [5.41, 5.74) is 0.156. The zero-order valence-electron chi connectivity index (χ0n) is 11.9. The molecule has 1 aromatic carbocycles. The largest absolute Gasteiger partial charge is 0.481 e. The van der Waals surface area contributed by atoms with Crippen molar-refractivity contribution in [1.82, 2.24) is 5.32 Å². The number of carbonyl (C=O) groups excluding carboxylic acids is 1. The summed E-state index contributed by atoms with van der Waals surface area (Å²) in [5.74, 6) is 0.0430. The Morgan fingerprint density at radius 1 is 1.48 bits per heavy atom. The monoisotopic (exact) mass is 294 g/mol. The Bertz CT molecular complexity index is 554. The first kappa shape index (κ1) is 15.2. The Hall–Kier alpha value is -2.15. The van der Waals surface area contributed by atoms with E-state index >= 15 is 0 Å². The minimum atomic E-state index is -0.932. The Balaban J connectivity index is 2.13. The van der Waals surface area contributed by atoms with E-state index in [0.29, 0.717) is 0 Å². The zero-order valence-corrected chi connectivity index (χ0v) is 11.9. The van der Waals surface area contributed by atoms with Crippen LogP contribution in [0.1, 0.15) is 38.4 Å². The molecule has 7 nitrogen and oxygen atoms in total. The third kappa shape index (κ3) is 3.91. The third-order valence-electron chi connectivity index (χ3n) is 3.25. The minimum Gasteiger partial charge on any atom is -0.481 e. The summed E-state index contributed by atoms with van der Waals surface area (Å²) in [7, 11) is 0. The molecule has 1 unspecified atom stereocenters. The quantitative estimate of drug-likeness (QED) is 0.614. The maximum absolute atomic E-state index is 11.8. The number of aliphatic hydroxyl groups excluding tert-OH is 1. The standard InChI is InChI=1S/C14H18N2O5/c1-8(17)12-7-11(16(19)20)5-6-13(12)21-9(2)14(18)15-10-3-4-10/h5-10,17H,3-4H2,1-2H3,(H,15,18)/t8-,9?/m0/s1. The van der Waals surface area contributed by atoms with Crippen molar-refractivity contribution in [1.29, 1.82) is 0 Å². The Morgan fingerprint density at radius 3 is 2.67 bits per heavy atom. The van der Waals surface area contributed by atoms with E-state index in [1.54, 1.807) is 6.92 Å². The summed E-state index contributed by atoms with van der Waals surface area (Å²) in [4.78, 5) is 22.1. The number of rotatable bonds is 6. The number of amides is 1. The van der Waals surface area contributed by atoms with E-state index in [4.69, 9.17) is 4.74 Å². The molecule has 0 aliphatic heterocycles. The van der Waals surface area contributed by atoms with Gasteiger partial charge in [-0.1, -0.05) is 0 Å². The van der Waals surface area contributed by atoms with Gasteiger partial charge in [-0.2, -0.15) is 0 Å². The van der Waals surface area contributed by atoms with E-state index < -0.39 is 17.1 Å². The first-order valence-corrected chi connectivity index (χ1v) is 6.82. The molecule has 0 saturated heterocycles. The highest BCUT2D eigenvalue weighted by atomic mass is 16.6. The number of nitrogens with one attached hydrogen (secondary N) is 1. The van der Waals surface area contributed by atoms with Crippen LogP contribution in [0.25, 0.3) is 0 Å². The molecule has 1 fully saturated rings. The molecule has 2 atom stereocenters. The predicted octanol–water partition coefficient (Wildman–Crippen LogP) is 1.69. The van der Waals surface area contributed by atoms with Crippen LogP contribution in [0, 0.1) is 10.1 Å². The van der Waals surface area contributed by atoms with Gasteiger partial charge in [-0.05, 0) is 32.8 Å². The SMILES string of the molecule is CC(Oc1ccc([N+](=O)[O-])cc1[C@H](C)O)C(=O)NC1CC1. The molecule has 7 heteroatoms. The summed E-state index contributed by atoms with van der Waals surface area (Å²) in [6.45, 7) is 3.09. The molecule has 114 valence electrons. The van der Waals surface area contributed by atoms with Crippen LogP contribution in [-0.4, -0.2) is 28.1 Å². The molecule has 1 amide bonds. The topological polar surface area (TPSA) is 102 Å². The summed E-state index contributed by atoms with van der Waals surface area (Å²) in [5, 5.41) is 23.3. The fourth-order valence-electron chi connectivity index (χ4n) is 1.87. The van der Waals surface area contributed by atoms with Gasteiger partial charge in [-0.15, -0.1) is 0 Å². The van der Waals surface area contributed by atoms with Gasteiger partial charge in [-0.3, -0.25) is 14.9 Å². The Morgan fingerprint density at radius 2 is 2.14 bits per heavy atom. The number of hydrogen-bond donors (Lipinski definition) is 2. The van der Waals surface area contributed by atoms with Crippen molar-refractivity contribution in [2.45, 2.75) is 44.9 Å². The lowest BCUT2D eigenvalue weighted by Crippen LogP contribution is -2.37. The lowest BCUT2D eigenvalue weighted by molar-refractivity contribution is -0.385. The van der Waals surface area contributed by atoms with Gasteiger partial charge in [0.25, 0.3) is 11.6 Å². The first-order valence-electron chi connectivity index (χ1n) is 6.82. The number of hydrogen-bond acceptors (Lipinski definition) is 5. The van der Waals surface area contributed by atoms with Crippen LogP contribution in [0.4, 0.5) is 5.69 Å². The van der Waals surface area contributed by atoms with Gasteiger partial charge in [-0.25, -0.2) is 0 Å². The number of benzene rings is 1. The van der Waals surface area contributed by atoms with Gasteiger partial charge < -0.3 is 15.2 Å². The van der Waals surface area contributed by atoms with Crippen molar-refractivity contribution >= 4 is 11.6 Å². The number of nitrogens with zero attached hydrogens (tertiary/aromatic N) is 1. The molecule has 1 aliphatic rings. The second-order valence-corrected chi connectivity index (χ2v) is 5.20. The average Bonchev–Trinajstić information content (AvgIpc) is 3.22. The van der Waals surface area contributed by atoms with Gasteiger partial charge in [0.1, 0.15) is 5.75 Å². The van der Waals surface area contributed by atoms with Gasteiger partial charge in [0.15, 0.2) is 6.10 Å². The van der Waals surface area contributed by atoms with Gasteiger partial charge in [0.05, 0.1) is 11.0 Å². The molecule has 2 N–H and O–H groups in total. The summed E-state index contributed by atoms with van der Waals surface area (Å²) in [6.07, 6.45) is 0.298. The molecule has 0 bridgehead atoms. The van der Waals surface area contributed by atoms with E-state index in [1.165, 1.54) is 25.1 Å².